The SMILES string of the molecule is CC1(C)CCCC1C(O)c1cccc2ccncc12. The highest BCUT2D eigenvalue weighted by Crippen LogP contribution is 2.49. The molecule has 2 atom stereocenters. The van der Waals surface area contributed by atoms with Crippen LogP contribution >= 0.6 is 0 Å². The molecule has 1 aliphatic rings. The first-order valence-corrected chi connectivity index (χ1v) is 7.10. The maximum atomic E-state index is 10.8. The number of hydrogen-bond acceptors (Lipinski definition) is 2. The van der Waals surface area contributed by atoms with Crippen LogP contribution < -0.4 is 0 Å². The lowest BCUT2D eigenvalue weighted by Crippen LogP contribution is -2.24. The number of hydrogen-bond donors (Lipinski definition) is 1. The molecule has 2 heteroatoms. The first-order chi connectivity index (χ1) is 9.09. The lowest BCUT2D eigenvalue weighted by atomic mass is 9.76. The van der Waals surface area contributed by atoms with Crippen molar-refractivity contribution in [3.8, 4) is 0 Å². The number of aromatic nitrogens is 1. The summed E-state index contributed by atoms with van der Waals surface area (Å²) in [6, 6.07) is 8.16. The summed E-state index contributed by atoms with van der Waals surface area (Å²) in [7, 11) is 0. The zero-order chi connectivity index (χ0) is 13.5. The summed E-state index contributed by atoms with van der Waals surface area (Å²) in [4.78, 5) is 4.21. The number of fused-ring (bicyclic) bond motifs is 1. The zero-order valence-electron chi connectivity index (χ0n) is 11.6. The van der Waals surface area contributed by atoms with Crippen molar-refractivity contribution in [2.75, 3.05) is 0 Å². The van der Waals surface area contributed by atoms with E-state index in [0.29, 0.717) is 5.92 Å². The molecule has 0 aliphatic heterocycles. The molecule has 0 bridgehead atoms. The number of aliphatic hydroxyl groups excluding tert-OH is 1. The first-order valence-electron chi connectivity index (χ1n) is 7.10. The third-order valence-corrected chi connectivity index (χ3v) is 4.76. The van der Waals surface area contributed by atoms with Crippen LogP contribution in [-0.4, -0.2) is 10.1 Å². The van der Waals surface area contributed by atoms with E-state index in [-0.39, 0.29) is 11.5 Å². The monoisotopic (exact) mass is 255 g/mol. The second-order valence-electron chi connectivity index (χ2n) is 6.38. The summed E-state index contributed by atoms with van der Waals surface area (Å²) in [5.41, 5.74) is 1.26. The van der Waals surface area contributed by atoms with Crippen LogP contribution in [0.25, 0.3) is 10.8 Å². The number of pyridine rings is 1. The van der Waals surface area contributed by atoms with Gasteiger partial charge in [-0.25, -0.2) is 0 Å². The third-order valence-electron chi connectivity index (χ3n) is 4.76. The summed E-state index contributed by atoms with van der Waals surface area (Å²) >= 11 is 0. The molecule has 2 unspecified atom stereocenters. The molecule has 1 saturated carbocycles. The van der Waals surface area contributed by atoms with Crippen LogP contribution in [0.15, 0.2) is 36.7 Å². The largest absolute Gasteiger partial charge is 0.388 e. The number of benzene rings is 1. The molecule has 1 fully saturated rings. The molecule has 0 saturated heterocycles. The summed E-state index contributed by atoms with van der Waals surface area (Å²) in [5, 5.41) is 13.1. The topological polar surface area (TPSA) is 33.1 Å². The van der Waals surface area contributed by atoms with Crippen molar-refractivity contribution in [2.45, 2.75) is 39.2 Å². The standard InChI is InChI=1S/C17H21NO/c1-17(2)9-4-7-15(17)16(19)13-6-3-5-12-8-10-18-11-14(12)13/h3,5-6,8,10-11,15-16,19H,4,7,9H2,1-2H3. The molecular formula is C17H21NO. The fourth-order valence-corrected chi connectivity index (χ4v) is 3.55. The van der Waals surface area contributed by atoms with Gasteiger partial charge in [0.2, 0.25) is 0 Å². The van der Waals surface area contributed by atoms with Crippen LogP contribution in [0.5, 0.6) is 0 Å². The Balaban J connectivity index is 2.04. The molecule has 1 heterocycles. The Morgan fingerprint density at radius 1 is 1.32 bits per heavy atom. The molecule has 0 radical (unpaired) electrons. The van der Waals surface area contributed by atoms with Gasteiger partial charge in [-0.05, 0) is 41.2 Å². The van der Waals surface area contributed by atoms with Crippen molar-refractivity contribution in [1.29, 1.82) is 0 Å². The maximum Gasteiger partial charge on any atom is 0.0829 e. The molecular weight excluding hydrogens is 234 g/mol. The quantitative estimate of drug-likeness (QED) is 0.876. The molecule has 2 aromatic rings. The summed E-state index contributed by atoms with van der Waals surface area (Å²) in [6.07, 6.45) is 6.83. The lowest BCUT2D eigenvalue weighted by molar-refractivity contribution is 0.0542. The van der Waals surface area contributed by atoms with E-state index in [9.17, 15) is 5.11 Å². The van der Waals surface area contributed by atoms with Crippen LogP contribution in [0.3, 0.4) is 0 Å². The van der Waals surface area contributed by atoms with Gasteiger partial charge >= 0.3 is 0 Å². The van der Waals surface area contributed by atoms with Gasteiger partial charge in [-0.1, -0.05) is 38.5 Å². The number of rotatable bonds is 2. The van der Waals surface area contributed by atoms with E-state index in [4.69, 9.17) is 0 Å². The van der Waals surface area contributed by atoms with Crippen LogP contribution in [0.1, 0.15) is 44.8 Å². The molecule has 19 heavy (non-hydrogen) atoms. The Hall–Kier alpha value is -1.41. The Bertz CT molecular complexity index is 585. The highest BCUT2D eigenvalue weighted by Gasteiger charge is 2.39. The molecule has 1 aromatic carbocycles. The highest BCUT2D eigenvalue weighted by molar-refractivity contribution is 5.85. The van der Waals surface area contributed by atoms with Crippen molar-refractivity contribution in [1.82, 2.24) is 4.98 Å². The Morgan fingerprint density at radius 3 is 2.89 bits per heavy atom. The van der Waals surface area contributed by atoms with Crippen molar-refractivity contribution >= 4 is 10.8 Å². The van der Waals surface area contributed by atoms with Crippen LogP contribution in [-0.2, 0) is 0 Å². The summed E-state index contributed by atoms with van der Waals surface area (Å²) < 4.78 is 0. The van der Waals surface area contributed by atoms with Gasteiger partial charge in [0, 0.05) is 17.8 Å². The van der Waals surface area contributed by atoms with Crippen LogP contribution in [0.2, 0.25) is 0 Å². The fourth-order valence-electron chi connectivity index (χ4n) is 3.55. The van der Waals surface area contributed by atoms with Gasteiger partial charge in [-0.3, -0.25) is 4.98 Å². The second kappa shape index (κ2) is 4.61. The average molecular weight is 255 g/mol. The summed E-state index contributed by atoms with van der Waals surface area (Å²) in [6.45, 7) is 4.55. The lowest BCUT2D eigenvalue weighted by Gasteiger charge is -2.31. The van der Waals surface area contributed by atoms with Crippen molar-refractivity contribution < 1.29 is 5.11 Å². The van der Waals surface area contributed by atoms with E-state index in [2.05, 4.69) is 24.9 Å². The van der Waals surface area contributed by atoms with Crippen LogP contribution in [0, 0.1) is 11.3 Å². The van der Waals surface area contributed by atoms with Crippen molar-refractivity contribution in [3.05, 3.63) is 42.2 Å². The molecule has 1 N–H and O–H groups in total. The summed E-state index contributed by atoms with van der Waals surface area (Å²) in [5.74, 6) is 0.346. The van der Waals surface area contributed by atoms with Crippen molar-refractivity contribution in [3.63, 3.8) is 0 Å². The predicted octanol–water partition coefficient (Wildman–Crippen LogP) is 4.09. The fraction of sp³-hybridized carbons (Fsp3) is 0.471. The maximum absolute atomic E-state index is 10.8. The van der Waals surface area contributed by atoms with Gasteiger partial charge in [0.05, 0.1) is 6.10 Å². The molecule has 1 aromatic heterocycles. The van der Waals surface area contributed by atoms with E-state index in [1.54, 1.807) is 6.20 Å². The van der Waals surface area contributed by atoms with Gasteiger partial charge < -0.3 is 5.11 Å². The van der Waals surface area contributed by atoms with E-state index in [1.807, 2.05) is 24.4 Å². The van der Waals surface area contributed by atoms with E-state index in [1.165, 1.54) is 12.8 Å². The Labute approximate surface area is 114 Å². The van der Waals surface area contributed by atoms with E-state index >= 15 is 0 Å². The van der Waals surface area contributed by atoms with Crippen molar-refractivity contribution in [2.24, 2.45) is 11.3 Å². The molecule has 1 aliphatic carbocycles. The highest BCUT2D eigenvalue weighted by atomic mass is 16.3. The molecule has 2 nitrogen and oxygen atoms in total. The van der Waals surface area contributed by atoms with Gasteiger partial charge in [-0.2, -0.15) is 0 Å². The third kappa shape index (κ3) is 2.14. The number of aliphatic hydroxyl groups is 1. The number of nitrogens with zero attached hydrogens (tertiary/aromatic N) is 1. The minimum Gasteiger partial charge on any atom is -0.388 e. The van der Waals surface area contributed by atoms with Crippen LogP contribution in [0.4, 0.5) is 0 Å². The molecule has 0 spiro atoms. The Kier molecular flexibility index (Phi) is 3.06. The molecule has 0 amide bonds. The molecule has 100 valence electrons. The van der Waals surface area contributed by atoms with Gasteiger partial charge in [0.15, 0.2) is 0 Å². The van der Waals surface area contributed by atoms with Gasteiger partial charge in [-0.15, -0.1) is 0 Å². The van der Waals surface area contributed by atoms with Gasteiger partial charge in [0.1, 0.15) is 0 Å². The normalized spacial score (nSPS) is 23.6. The smallest absolute Gasteiger partial charge is 0.0829 e. The average Bonchev–Trinajstić information content (AvgIpc) is 2.77. The van der Waals surface area contributed by atoms with Gasteiger partial charge in [0.25, 0.3) is 0 Å². The van der Waals surface area contributed by atoms with E-state index in [0.717, 1.165) is 22.8 Å². The second-order valence-corrected chi connectivity index (χ2v) is 6.38. The minimum absolute atomic E-state index is 0.226. The zero-order valence-corrected chi connectivity index (χ0v) is 11.6. The Morgan fingerprint density at radius 2 is 2.16 bits per heavy atom. The van der Waals surface area contributed by atoms with E-state index < -0.39 is 0 Å². The predicted molar refractivity (Wildman–Crippen MR) is 77.8 cm³/mol. The first kappa shape index (κ1) is 12.6. The molecule has 3 rings (SSSR count). The minimum atomic E-state index is -0.384.